The smallest absolute Gasteiger partial charge is 0.326 e. The Labute approximate surface area is 135 Å². The summed E-state index contributed by atoms with van der Waals surface area (Å²) < 4.78 is 1.91. The van der Waals surface area contributed by atoms with Gasteiger partial charge in [0.2, 0.25) is 11.8 Å². The van der Waals surface area contributed by atoms with Crippen LogP contribution in [-0.2, 0) is 20.9 Å². The Morgan fingerprint density at radius 2 is 1.91 bits per heavy atom. The summed E-state index contributed by atoms with van der Waals surface area (Å²) in [6.45, 7) is 4.70. The number of imidazole rings is 1. The van der Waals surface area contributed by atoms with Crippen LogP contribution in [0, 0.1) is 5.92 Å². The molecule has 0 fully saturated rings. The number of aliphatic carboxylic acids is 1. The third-order valence-corrected chi connectivity index (χ3v) is 3.30. The summed E-state index contributed by atoms with van der Waals surface area (Å²) >= 11 is 0. The monoisotopic (exact) mass is 324 g/mol. The van der Waals surface area contributed by atoms with Gasteiger partial charge in [-0.15, -0.1) is 0 Å². The number of carboxylic acids is 1. The minimum atomic E-state index is -1.07. The van der Waals surface area contributed by atoms with Gasteiger partial charge in [-0.3, -0.25) is 9.59 Å². The number of nitrogens with zero attached hydrogens (tertiary/aromatic N) is 2. The molecule has 1 atom stereocenters. The van der Waals surface area contributed by atoms with Crippen molar-refractivity contribution in [3.8, 4) is 0 Å². The molecule has 0 saturated carbocycles. The van der Waals surface area contributed by atoms with Crippen LogP contribution in [0.25, 0.3) is 0 Å². The maximum absolute atomic E-state index is 11.7. The minimum Gasteiger partial charge on any atom is -0.480 e. The molecule has 3 N–H and O–H groups in total. The molecule has 0 saturated heterocycles. The van der Waals surface area contributed by atoms with Gasteiger partial charge in [0.05, 0.1) is 6.33 Å². The third-order valence-electron chi connectivity index (χ3n) is 3.30. The predicted octanol–water partition coefficient (Wildman–Crippen LogP) is 0.395. The maximum atomic E-state index is 11.7. The quantitative estimate of drug-likeness (QED) is 0.539. The molecule has 0 radical (unpaired) electrons. The second-order valence-electron chi connectivity index (χ2n) is 5.63. The Morgan fingerprint density at radius 1 is 1.22 bits per heavy atom. The molecule has 2 amide bonds. The van der Waals surface area contributed by atoms with E-state index in [0.29, 0.717) is 6.54 Å². The van der Waals surface area contributed by atoms with Gasteiger partial charge in [-0.25, -0.2) is 9.78 Å². The number of amides is 2. The van der Waals surface area contributed by atoms with Crippen molar-refractivity contribution in [2.75, 3.05) is 6.54 Å². The van der Waals surface area contributed by atoms with E-state index >= 15 is 0 Å². The molecule has 128 valence electrons. The number of carbonyl (C=O) groups is 3. The molecule has 0 aliphatic heterocycles. The first-order valence-electron chi connectivity index (χ1n) is 7.64. The van der Waals surface area contributed by atoms with E-state index in [2.05, 4.69) is 15.6 Å². The zero-order valence-corrected chi connectivity index (χ0v) is 13.5. The van der Waals surface area contributed by atoms with E-state index in [1.54, 1.807) is 26.4 Å². The molecule has 0 spiro atoms. The van der Waals surface area contributed by atoms with Crippen LogP contribution in [0.5, 0.6) is 0 Å². The summed E-state index contributed by atoms with van der Waals surface area (Å²) in [5, 5.41) is 14.1. The summed E-state index contributed by atoms with van der Waals surface area (Å²) in [4.78, 5) is 38.2. The van der Waals surface area contributed by atoms with Crippen molar-refractivity contribution < 1.29 is 19.5 Å². The van der Waals surface area contributed by atoms with Gasteiger partial charge in [-0.1, -0.05) is 13.8 Å². The number of hydrogen-bond donors (Lipinski definition) is 3. The first kappa shape index (κ1) is 18.7. The van der Waals surface area contributed by atoms with Gasteiger partial charge in [-0.2, -0.15) is 0 Å². The van der Waals surface area contributed by atoms with Gasteiger partial charge in [0, 0.05) is 38.3 Å². The van der Waals surface area contributed by atoms with E-state index in [9.17, 15) is 14.4 Å². The van der Waals surface area contributed by atoms with Crippen molar-refractivity contribution >= 4 is 17.8 Å². The molecule has 0 aromatic carbocycles. The van der Waals surface area contributed by atoms with Crippen LogP contribution >= 0.6 is 0 Å². The lowest BCUT2D eigenvalue weighted by Crippen LogP contribution is -2.44. The zero-order chi connectivity index (χ0) is 17.2. The maximum Gasteiger partial charge on any atom is 0.326 e. The van der Waals surface area contributed by atoms with E-state index in [1.165, 1.54) is 0 Å². The van der Waals surface area contributed by atoms with E-state index in [-0.39, 0.29) is 24.7 Å². The highest BCUT2D eigenvalue weighted by Crippen LogP contribution is 2.02. The van der Waals surface area contributed by atoms with Crippen LogP contribution in [0.2, 0.25) is 0 Å². The Kier molecular flexibility index (Phi) is 7.79. The molecule has 8 nitrogen and oxygen atoms in total. The first-order chi connectivity index (χ1) is 10.9. The number of nitrogens with one attached hydrogen (secondary N) is 2. The highest BCUT2D eigenvalue weighted by molar-refractivity contribution is 5.86. The molecule has 1 heterocycles. The number of carbonyl (C=O) groups excluding carboxylic acids is 2. The van der Waals surface area contributed by atoms with Crippen molar-refractivity contribution in [3.05, 3.63) is 18.7 Å². The molecule has 0 aliphatic carbocycles. The molecular weight excluding hydrogens is 300 g/mol. The fourth-order valence-corrected chi connectivity index (χ4v) is 1.98. The largest absolute Gasteiger partial charge is 0.480 e. The summed E-state index contributed by atoms with van der Waals surface area (Å²) in [5.74, 6) is -1.94. The van der Waals surface area contributed by atoms with Crippen molar-refractivity contribution in [2.24, 2.45) is 5.92 Å². The van der Waals surface area contributed by atoms with Crippen LogP contribution in [-0.4, -0.2) is 45.0 Å². The lowest BCUT2D eigenvalue weighted by atomic mass is 10.0. The van der Waals surface area contributed by atoms with Crippen molar-refractivity contribution in [2.45, 2.75) is 45.7 Å². The molecule has 23 heavy (non-hydrogen) atoms. The van der Waals surface area contributed by atoms with E-state index < -0.39 is 17.9 Å². The van der Waals surface area contributed by atoms with Crippen LogP contribution in [0.15, 0.2) is 18.7 Å². The van der Waals surface area contributed by atoms with Gasteiger partial charge < -0.3 is 20.3 Å². The van der Waals surface area contributed by atoms with Gasteiger partial charge in [0.25, 0.3) is 0 Å². The topological polar surface area (TPSA) is 113 Å². The van der Waals surface area contributed by atoms with Crippen molar-refractivity contribution in [3.63, 3.8) is 0 Å². The summed E-state index contributed by atoms with van der Waals surface area (Å²) in [5.41, 5.74) is 0. The second-order valence-corrected chi connectivity index (χ2v) is 5.63. The average Bonchev–Trinajstić information content (AvgIpc) is 2.99. The molecule has 1 aromatic rings. The van der Waals surface area contributed by atoms with Gasteiger partial charge in [0.15, 0.2) is 0 Å². The molecular formula is C15H24N4O4. The minimum absolute atomic E-state index is 0.0240. The molecule has 1 unspecified atom stereocenters. The number of hydrogen-bond acceptors (Lipinski definition) is 4. The lowest BCUT2D eigenvalue weighted by molar-refractivity contribution is -0.143. The lowest BCUT2D eigenvalue weighted by Gasteiger charge is -2.17. The summed E-state index contributed by atoms with van der Waals surface area (Å²) in [6, 6.07) is -0.930. The highest BCUT2D eigenvalue weighted by Gasteiger charge is 2.23. The number of rotatable bonds is 10. The number of carboxylic acid groups (broad SMARTS) is 1. The van der Waals surface area contributed by atoms with E-state index in [0.717, 1.165) is 13.0 Å². The number of aromatic nitrogens is 2. The SMILES string of the molecule is CC(C)C(NC(=O)CCC(=O)NCCCn1ccnc1)C(=O)O. The summed E-state index contributed by atoms with van der Waals surface area (Å²) in [6.07, 6.45) is 6.03. The Hall–Kier alpha value is -2.38. The Balaban J connectivity index is 2.16. The van der Waals surface area contributed by atoms with Crippen molar-refractivity contribution in [1.82, 2.24) is 20.2 Å². The van der Waals surface area contributed by atoms with Gasteiger partial charge >= 0.3 is 5.97 Å². The third kappa shape index (κ3) is 7.44. The Morgan fingerprint density at radius 3 is 2.48 bits per heavy atom. The van der Waals surface area contributed by atoms with E-state index in [1.807, 2.05) is 10.8 Å². The highest BCUT2D eigenvalue weighted by atomic mass is 16.4. The average molecular weight is 324 g/mol. The fourth-order valence-electron chi connectivity index (χ4n) is 1.98. The van der Waals surface area contributed by atoms with Gasteiger partial charge in [0.1, 0.15) is 6.04 Å². The van der Waals surface area contributed by atoms with Crippen LogP contribution < -0.4 is 10.6 Å². The van der Waals surface area contributed by atoms with Gasteiger partial charge in [-0.05, 0) is 12.3 Å². The number of aryl methyl sites for hydroxylation is 1. The molecule has 8 heteroatoms. The zero-order valence-electron chi connectivity index (χ0n) is 13.5. The van der Waals surface area contributed by atoms with Crippen LogP contribution in [0.4, 0.5) is 0 Å². The van der Waals surface area contributed by atoms with Crippen molar-refractivity contribution in [1.29, 1.82) is 0 Å². The molecule has 1 rings (SSSR count). The predicted molar refractivity (Wildman–Crippen MR) is 83.5 cm³/mol. The Bertz CT molecular complexity index is 514. The standard InChI is InChI=1S/C15H24N4O4/c1-11(2)14(15(22)23)18-13(21)5-4-12(20)17-6-3-8-19-9-7-16-10-19/h7,9-11,14H,3-6,8H2,1-2H3,(H,17,20)(H,18,21)(H,22,23). The first-order valence-corrected chi connectivity index (χ1v) is 7.64. The fraction of sp³-hybridized carbons (Fsp3) is 0.600. The summed E-state index contributed by atoms with van der Waals surface area (Å²) in [7, 11) is 0. The second kappa shape index (κ2) is 9.60. The van der Waals surface area contributed by atoms with Crippen LogP contribution in [0.1, 0.15) is 33.1 Å². The molecule has 1 aromatic heterocycles. The molecule has 0 bridgehead atoms. The normalized spacial score (nSPS) is 12.0. The molecule has 0 aliphatic rings. The van der Waals surface area contributed by atoms with Crippen LogP contribution in [0.3, 0.4) is 0 Å². The van der Waals surface area contributed by atoms with E-state index in [4.69, 9.17) is 5.11 Å².